The molecule has 0 radical (unpaired) electrons. The molecule has 0 amide bonds. The molecule has 1 spiro atoms. The molecule has 2 bridgehead atoms. The fourth-order valence-corrected chi connectivity index (χ4v) is 13.9. The van der Waals surface area contributed by atoms with Crippen molar-refractivity contribution in [1.29, 1.82) is 0 Å². The summed E-state index contributed by atoms with van der Waals surface area (Å²) in [6.07, 6.45) is 11.7. The van der Waals surface area contributed by atoms with Crippen LogP contribution in [-0.4, -0.2) is 0 Å². The van der Waals surface area contributed by atoms with Gasteiger partial charge in [-0.2, -0.15) is 0 Å². The van der Waals surface area contributed by atoms with Crippen molar-refractivity contribution < 1.29 is 4.42 Å². The summed E-state index contributed by atoms with van der Waals surface area (Å²) in [6.45, 7) is 9.26. The predicted molar refractivity (Wildman–Crippen MR) is 258 cm³/mol. The Balaban J connectivity index is 1.06. The Bertz CT molecular complexity index is 3150. The van der Waals surface area contributed by atoms with Crippen LogP contribution in [0, 0.1) is 25.7 Å². The highest BCUT2D eigenvalue weighted by Crippen LogP contribution is 2.66. The summed E-state index contributed by atoms with van der Waals surface area (Å²) in [6, 6.07) is 51.9. The average molecular weight is 806 g/mol. The zero-order valence-electron chi connectivity index (χ0n) is 36.7. The molecule has 0 N–H and O–H groups in total. The highest BCUT2D eigenvalue weighted by Gasteiger charge is 2.56. The second kappa shape index (κ2) is 13.3. The molecule has 1 heterocycles. The first-order chi connectivity index (χ1) is 30.3. The number of para-hydroxylation sites is 1. The van der Waals surface area contributed by atoms with Crippen LogP contribution in [0.5, 0.6) is 0 Å². The lowest BCUT2D eigenvalue weighted by Crippen LogP contribution is -2.32. The molecule has 0 aliphatic heterocycles. The van der Waals surface area contributed by atoms with Crippen molar-refractivity contribution in [2.45, 2.75) is 102 Å². The van der Waals surface area contributed by atoms with Crippen LogP contribution in [0.4, 0.5) is 17.1 Å². The van der Waals surface area contributed by atoms with Crippen molar-refractivity contribution in [2.24, 2.45) is 11.8 Å². The molecule has 0 saturated heterocycles. The number of rotatable bonds is 5. The van der Waals surface area contributed by atoms with E-state index in [0.29, 0.717) is 11.8 Å². The van der Waals surface area contributed by atoms with E-state index in [0.717, 1.165) is 22.8 Å². The van der Waals surface area contributed by atoms with E-state index >= 15 is 0 Å². The van der Waals surface area contributed by atoms with Gasteiger partial charge in [0.15, 0.2) is 5.58 Å². The van der Waals surface area contributed by atoms with Gasteiger partial charge < -0.3 is 9.32 Å². The lowest BCUT2D eigenvalue weighted by Gasteiger charge is -2.37. The minimum Gasteiger partial charge on any atom is -0.454 e. The lowest BCUT2D eigenvalue weighted by molar-refractivity contribution is 0.327. The van der Waals surface area contributed by atoms with E-state index in [4.69, 9.17) is 4.42 Å². The van der Waals surface area contributed by atoms with Gasteiger partial charge in [-0.3, -0.25) is 0 Å². The second-order valence-electron chi connectivity index (χ2n) is 20.4. The molecule has 5 aliphatic carbocycles. The largest absolute Gasteiger partial charge is 0.454 e. The standard InChI is InChI=1S/C60H55NO/c1-36-21-26-44(37(2)29-36)40-31-50(39-13-6-5-7-14-39)57-51(32-40)49-17-12-20-56(58(49)62-57)61(42-24-27-47-45-15-8-10-18-52(45)59(3,4)54(47)33-42)43-25-28-48-46-16-9-11-19-53(46)60(55(48)34-43)35-38-22-23-41(60)30-38/h8-12,15-21,24-29,31-34,38-39,41H,5-7,13-14,22-23,30,35H2,1-4H3. The van der Waals surface area contributed by atoms with Crippen LogP contribution >= 0.6 is 0 Å². The Labute approximate surface area is 366 Å². The predicted octanol–water partition coefficient (Wildman–Crippen LogP) is 16.8. The van der Waals surface area contributed by atoms with E-state index in [1.807, 2.05) is 0 Å². The van der Waals surface area contributed by atoms with Crippen LogP contribution in [0.1, 0.15) is 116 Å². The molecular formula is C60H55NO. The van der Waals surface area contributed by atoms with Gasteiger partial charge in [0.25, 0.3) is 0 Å². The summed E-state index contributed by atoms with van der Waals surface area (Å²) in [5.41, 5.74) is 23.6. The summed E-state index contributed by atoms with van der Waals surface area (Å²) in [5.74, 6) is 2.01. The zero-order chi connectivity index (χ0) is 41.5. The van der Waals surface area contributed by atoms with Gasteiger partial charge in [0.2, 0.25) is 0 Å². The smallest absolute Gasteiger partial charge is 0.159 e. The van der Waals surface area contributed by atoms with Crippen molar-refractivity contribution in [3.8, 4) is 33.4 Å². The molecule has 13 rings (SSSR count). The summed E-state index contributed by atoms with van der Waals surface area (Å²) < 4.78 is 7.45. The van der Waals surface area contributed by atoms with Gasteiger partial charge in [0, 0.05) is 33.0 Å². The summed E-state index contributed by atoms with van der Waals surface area (Å²) in [7, 11) is 0. The molecule has 2 heteroatoms. The minimum atomic E-state index is -0.120. The molecule has 3 unspecified atom stereocenters. The number of aryl methyl sites for hydroxylation is 2. The lowest BCUT2D eigenvalue weighted by atomic mass is 9.67. The zero-order valence-corrected chi connectivity index (χ0v) is 36.7. The normalized spacial score (nSPS) is 21.7. The molecule has 8 aromatic rings. The Morgan fingerprint density at radius 3 is 1.98 bits per heavy atom. The molecule has 3 fully saturated rings. The van der Waals surface area contributed by atoms with Crippen LogP contribution < -0.4 is 4.90 Å². The van der Waals surface area contributed by atoms with Gasteiger partial charge in [-0.15, -0.1) is 0 Å². The molecule has 3 atom stereocenters. The van der Waals surface area contributed by atoms with Crippen LogP contribution in [0.15, 0.2) is 138 Å². The van der Waals surface area contributed by atoms with E-state index in [-0.39, 0.29) is 10.8 Å². The number of hydrogen-bond donors (Lipinski definition) is 0. The fourth-order valence-electron chi connectivity index (χ4n) is 13.9. The number of furan rings is 1. The van der Waals surface area contributed by atoms with Gasteiger partial charge in [0.05, 0.1) is 5.69 Å². The topological polar surface area (TPSA) is 16.4 Å². The third-order valence-corrected chi connectivity index (χ3v) is 16.7. The fraction of sp³-hybridized carbons (Fsp3) is 0.300. The number of hydrogen-bond acceptors (Lipinski definition) is 2. The Hall–Kier alpha value is -5.86. The summed E-state index contributed by atoms with van der Waals surface area (Å²) >= 11 is 0. The van der Waals surface area contributed by atoms with Crippen LogP contribution in [0.2, 0.25) is 0 Å². The molecule has 2 nitrogen and oxygen atoms in total. The maximum Gasteiger partial charge on any atom is 0.159 e. The molecule has 5 aliphatic rings. The first-order valence-corrected chi connectivity index (χ1v) is 23.6. The SMILES string of the molecule is Cc1ccc(-c2cc(C3CCCCC3)c3oc4c(N(c5ccc6c(c5)C(C)(C)c5ccccc5-6)c5ccc6c(c5)C5(CC7CCC5C7)c5ccccc5-6)cccc4c3c2)c(C)c1. The van der Waals surface area contributed by atoms with E-state index in [1.54, 1.807) is 5.56 Å². The quantitative estimate of drug-likeness (QED) is 0.172. The first-order valence-electron chi connectivity index (χ1n) is 23.6. The molecule has 62 heavy (non-hydrogen) atoms. The van der Waals surface area contributed by atoms with Crippen molar-refractivity contribution >= 4 is 39.0 Å². The van der Waals surface area contributed by atoms with Crippen molar-refractivity contribution in [3.63, 3.8) is 0 Å². The van der Waals surface area contributed by atoms with Gasteiger partial charge in [-0.1, -0.05) is 136 Å². The Morgan fingerprint density at radius 1 is 0.548 bits per heavy atom. The maximum absolute atomic E-state index is 7.45. The Kier molecular flexibility index (Phi) is 7.90. The number of anilines is 3. The summed E-state index contributed by atoms with van der Waals surface area (Å²) in [4.78, 5) is 2.56. The van der Waals surface area contributed by atoms with Crippen molar-refractivity contribution in [3.05, 3.63) is 172 Å². The first kappa shape index (κ1) is 36.8. The molecule has 3 saturated carbocycles. The van der Waals surface area contributed by atoms with Crippen LogP contribution in [0.25, 0.3) is 55.3 Å². The van der Waals surface area contributed by atoms with Gasteiger partial charge in [-0.05, 0) is 173 Å². The second-order valence-corrected chi connectivity index (χ2v) is 20.4. The van der Waals surface area contributed by atoms with Gasteiger partial charge in [-0.25, -0.2) is 0 Å². The van der Waals surface area contributed by atoms with Crippen molar-refractivity contribution in [2.75, 3.05) is 4.90 Å². The van der Waals surface area contributed by atoms with E-state index < -0.39 is 0 Å². The third-order valence-electron chi connectivity index (χ3n) is 16.7. The molecule has 306 valence electrons. The Morgan fingerprint density at radius 2 is 1.24 bits per heavy atom. The van der Waals surface area contributed by atoms with Crippen molar-refractivity contribution in [1.82, 2.24) is 0 Å². The third kappa shape index (κ3) is 5.10. The van der Waals surface area contributed by atoms with Gasteiger partial charge in [0.1, 0.15) is 5.58 Å². The van der Waals surface area contributed by atoms with Crippen LogP contribution in [0.3, 0.4) is 0 Å². The maximum atomic E-state index is 7.45. The minimum absolute atomic E-state index is 0.0862. The number of nitrogens with zero attached hydrogens (tertiary/aromatic N) is 1. The molecule has 7 aromatic carbocycles. The highest BCUT2D eigenvalue weighted by molar-refractivity contribution is 6.12. The highest BCUT2D eigenvalue weighted by atomic mass is 16.3. The molecular weight excluding hydrogens is 751 g/mol. The monoisotopic (exact) mass is 805 g/mol. The van der Waals surface area contributed by atoms with Gasteiger partial charge >= 0.3 is 0 Å². The average Bonchev–Trinajstić information content (AvgIpc) is 4.11. The number of fused-ring (bicyclic) bond motifs is 14. The molecule has 1 aromatic heterocycles. The van der Waals surface area contributed by atoms with Crippen LogP contribution in [-0.2, 0) is 10.8 Å². The van der Waals surface area contributed by atoms with E-state index in [1.165, 1.54) is 147 Å². The van der Waals surface area contributed by atoms with E-state index in [9.17, 15) is 0 Å². The van der Waals surface area contributed by atoms with E-state index in [2.05, 4.69) is 166 Å². The number of benzene rings is 7. The summed E-state index contributed by atoms with van der Waals surface area (Å²) in [5, 5.41) is 2.42.